The van der Waals surface area contributed by atoms with E-state index in [-0.39, 0.29) is 11.9 Å². The Morgan fingerprint density at radius 1 is 1.38 bits per heavy atom. The molecule has 1 aromatic heterocycles. The Balaban J connectivity index is 1.93. The molecule has 7 heteroatoms. The third-order valence-electron chi connectivity index (χ3n) is 4.08. The highest BCUT2D eigenvalue weighted by atomic mass is 19.1. The van der Waals surface area contributed by atoms with Crippen LogP contribution in [0.25, 0.3) is 11.4 Å². The van der Waals surface area contributed by atoms with Gasteiger partial charge in [0, 0.05) is 24.5 Å². The number of aromatic nitrogens is 4. The van der Waals surface area contributed by atoms with E-state index < -0.39 is 0 Å². The maximum atomic E-state index is 13.2. The fourth-order valence-electron chi connectivity index (χ4n) is 2.78. The Kier molecular flexibility index (Phi) is 3.83. The van der Waals surface area contributed by atoms with Gasteiger partial charge in [-0.3, -0.25) is 0 Å². The first kappa shape index (κ1) is 13.9. The van der Waals surface area contributed by atoms with E-state index in [9.17, 15) is 4.39 Å². The van der Waals surface area contributed by atoms with Crippen molar-refractivity contribution in [2.24, 2.45) is 5.92 Å². The number of hydrogen-bond acceptors (Lipinski definition) is 5. The number of nitrogens with zero attached hydrogens (tertiary/aromatic N) is 4. The minimum Gasteiger partial charge on any atom is -0.398 e. The summed E-state index contributed by atoms with van der Waals surface area (Å²) in [5.74, 6) is 0.668. The molecule has 0 amide bonds. The lowest BCUT2D eigenvalue weighted by atomic mass is 9.93. The first-order chi connectivity index (χ1) is 10.2. The molecule has 1 aliphatic heterocycles. The van der Waals surface area contributed by atoms with Crippen molar-refractivity contribution in [3.63, 3.8) is 0 Å². The number of nitrogen functional groups attached to an aromatic ring is 1. The second kappa shape index (κ2) is 5.77. The van der Waals surface area contributed by atoms with Gasteiger partial charge in [0.25, 0.3) is 0 Å². The molecule has 0 saturated carbocycles. The van der Waals surface area contributed by atoms with E-state index in [1.807, 2.05) is 0 Å². The van der Waals surface area contributed by atoms with Crippen LogP contribution in [0.1, 0.15) is 25.8 Å². The van der Waals surface area contributed by atoms with Crippen LogP contribution >= 0.6 is 0 Å². The van der Waals surface area contributed by atoms with Gasteiger partial charge >= 0.3 is 0 Å². The summed E-state index contributed by atoms with van der Waals surface area (Å²) in [6.45, 7) is 3.63. The smallest absolute Gasteiger partial charge is 0.184 e. The zero-order valence-corrected chi connectivity index (χ0v) is 11.9. The van der Waals surface area contributed by atoms with E-state index in [1.54, 1.807) is 10.7 Å². The van der Waals surface area contributed by atoms with Gasteiger partial charge in [-0.15, -0.1) is 5.10 Å². The predicted molar refractivity (Wildman–Crippen MR) is 75.9 cm³/mol. The Morgan fingerprint density at radius 3 is 2.86 bits per heavy atom. The highest BCUT2D eigenvalue weighted by molar-refractivity contribution is 5.71. The lowest BCUT2D eigenvalue weighted by Crippen LogP contribution is -2.25. The Morgan fingerprint density at radius 2 is 2.14 bits per heavy atom. The number of hydrogen-bond donors (Lipinski definition) is 1. The van der Waals surface area contributed by atoms with Gasteiger partial charge in [-0.2, -0.15) is 0 Å². The van der Waals surface area contributed by atoms with E-state index in [2.05, 4.69) is 22.4 Å². The van der Waals surface area contributed by atoms with Gasteiger partial charge in [0.1, 0.15) is 5.82 Å². The number of benzene rings is 1. The van der Waals surface area contributed by atoms with Crippen molar-refractivity contribution in [1.82, 2.24) is 20.2 Å². The molecule has 0 radical (unpaired) electrons. The molecule has 1 aromatic carbocycles. The SMILES string of the molecule is CC(C1CCOCC1)n1nnnc1-c1ccc(F)cc1N. The van der Waals surface area contributed by atoms with Gasteiger partial charge in [-0.25, -0.2) is 9.07 Å². The van der Waals surface area contributed by atoms with Crippen LogP contribution in [0.15, 0.2) is 18.2 Å². The summed E-state index contributed by atoms with van der Waals surface area (Å²) in [5.41, 5.74) is 6.88. The fourth-order valence-corrected chi connectivity index (χ4v) is 2.78. The van der Waals surface area contributed by atoms with Crippen LogP contribution in [0.5, 0.6) is 0 Å². The van der Waals surface area contributed by atoms with Crippen molar-refractivity contribution in [1.29, 1.82) is 0 Å². The van der Waals surface area contributed by atoms with Gasteiger partial charge < -0.3 is 10.5 Å². The zero-order chi connectivity index (χ0) is 14.8. The molecule has 112 valence electrons. The highest BCUT2D eigenvalue weighted by Gasteiger charge is 2.25. The summed E-state index contributed by atoms with van der Waals surface area (Å²) in [6.07, 6.45) is 1.97. The molecule has 2 aromatic rings. The highest BCUT2D eigenvalue weighted by Crippen LogP contribution is 2.31. The first-order valence-electron chi connectivity index (χ1n) is 7.08. The van der Waals surface area contributed by atoms with Crippen LogP contribution in [-0.4, -0.2) is 33.4 Å². The zero-order valence-electron chi connectivity index (χ0n) is 11.9. The van der Waals surface area contributed by atoms with Crippen molar-refractivity contribution >= 4 is 5.69 Å². The molecule has 6 nitrogen and oxygen atoms in total. The van der Waals surface area contributed by atoms with Crippen molar-refractivity contribution in [2.45, 2.75) is 25.8 Å². The van der Waals surface area contributed by atoms with E-state index >= 15 is 0 Å². The van der Waals surface area contributed by atoms with Gasteiger partial charge in [0.15, 0.2) is 5.82 Å². The average molecular weight is 291 g/mol. The molecule has 1 atom stereocenters. The number of anilines is 1. The molecule has 2 N–H and O–H groups in total. The molecule has 1 unspecified atom stereocenters. The molecule has 3 rings (SSSR count). The van der Waals surface area contributed by atoms with Gasteiger partial charge in [-0.05, 0) is 54.3 Å². The summed E-state index contributed by atoms with van der Waals surface area (Å²) < 4.78 is 20.4. The van der Waals surface area contributed by atoms with E-state index in [0.717, 1.165) is 26.1 Å². The van der Waals surface area contributed by atoms with Crippen molar-refractivity contribution in [3.05, 3.63) is 24.0 Å². The fraction of sp³-hybridized carbons (Fsp3) is 0.500. The van der Waals surface area contributed by atoms with E-state index in [0.29, 0.717) is 23.0 Å². The Bertz CT molecular complexity index is 624. The summed E-state index contributed by atoms with van der Waals surface area (Å²) in [5, 5.41) is 11.9. The van der Waals surface area contributed by atoms with Crippen molar-refractivity contribution in [2.75, 3.05) is 18.9 Å². The molecule has 2 heterocycles. The second-order valence-electron chi connectivity index (χ2n) is 5.37. The molecule has 21 heavy (non-hydrogen) atoms. The molecule has 1 aliphatic rings. The van der Waals surface area contributed by atoms with Crippen LogP contribution in [-0.2, 0) is 4.74 Å². The summed E-state index contributed by atoms with van der Waals surface area (Å²) in [4.78, 5) is 0. The van der Waals surface area contributed by atoms with Crippen LogP contribution in [0.3, 0.4) is 0 Å². The lowest BCUT2D eigenvalue weighted by molar-refractivity contribution is 0.0495. The topological polar surface area (TPSA) is 78.8 Å². The number of halogens is 1. The Labute approximate surface area is 122 Å². The largest absolute Gasteiger partial charge is 0.398 e. The third-order valence-corrected chi connectivity index (χ3v) is 4.08. The standard InChI is InChI=1S/C14H18FN5O/c1-9(10-4-6-21-7-5-10)20-14(17-18-19-20)12-3-2-11(15)8-13(12)16/h2-3,8-10H,4-7,16H2,1H3. The first-order valence-corrected chi connectivity index (χ1v) is 7.08. The quantitative estimate of drug-likeness (QED) is 0.876. The van der Waals surface area contributed by atoms with Crippen LogP contribution in [0.4, 0.5) is 10.1 Å². The third kappa shape index (κ3) is 2.73. The summed E-state index contributed by atoms with van der Waals surface area (Å²) in [6, 6.07) is 4.41. The van der Waals surface area contributed by atoms with Crippen molar-refractivity contribution < 1.29 is 9.13 Å². The number of nitrogens with two attached hydrogens (primary N) is 1. The minimum absolute atomic E-state index is 0.142. The van der Waals surface area contributed by atoms with Gasteiger partial charge in [0.05, 0.1) is 6.04 Å². The normalized spacial score (nSPS) is 17.8. The number of ether oxygens (including phenoxy) is 1. The van der Waals surface area contributed by atoms with Crippen LogP contribution < -0.4 is 5.73 Å². The number of rotatable bonds is 3. The maximum absolute atomic E-state index is 13.2. The van der Waals surface area contributed by atoms with Gasteiger partial charge in [0.2, 0.25) is 0 Å². The lowest BCUT2D eigenvalue weighted by Gasteiger charge is -2.28. The summed E-state index contributed by atoms with van der Waals surface area (Å²) in [7, 11) is 0. The maximum Gasteiger partial charge on any atom is 0.184 e. The molecule has 1 fully saturated rings. The van der Waals surface area contributed by atoms with Crippen molar-refractivity contribution in [3.8, 4) is 11.4 Å². The molecule has 1 saturated heterocycles. The van der Waals surface area contributed by atoms with Crippen LogP contribution in [0.2, 0.25) is 0 Å². The van der Waals surface area contributed by atoms with E-state index in [4.69, 9.17) is 10.5 Å². The molecular formula is C14H18FN5O. The monoisotopic (exact) mass is 291 g/mol. The van der Waals surface area contributed by atoms with Crippen LogP contribution in [0, 0.1) is 11.7 Å². The Hall–Kier alpha value is -2.02. The average Bonchev–Trinajstić information content (AvgIpc) is 2.96. The molecule has 0 bridgehead atoms. The molecular weight excluding hydrogens is 273 g/mol. The minimum atomic E-state index is -0.368. The number of tetrazole rings is 1. The predicted octanol–water partition coefficient (Wildman–Crippen LogP) is 2.05. The second-order valence-corrected chi connectivity index (χ2v) is 5.37. The van der Waals surface area contributed by atoms with E-state index in [1.165, 1.54) is 12.1 Å². The molecule has 0 aliphatic carbocycles. The molecule has 0 spiro atoms. The van der Waals surface area contributed by atoms with Gasteiger partial charge in [-0.1, -0.05) is 0 Å². The summed E-state index contributed by atoms with van der Waals surface area (Å²) >= 11 is 0.